The minimum atomic E-state index is -1.11. The number of methoxy groups -OCH3 is 2. The highest BCUT2D eigenvalue weighted by Gasteiger charge is 2.17. The molecule has 42 heavy (non-hydrogen) atoms. The number of azide groups is 1. The molecule has 0 radical (unpaired) electrons. The molecular weight excluding hydrogens is 558 g/mol. The molecule has 16 nitrogen and oxygen atoms in total. The first kappa shape index (κ1) is 33.0. The number of carboxylic acid groups (broad SMARTS) is 1. The first-order chi connectivity index (χ1) is 20.2. The summed E-state index contributed by atoms with van der Waals surface area (Å²) in [6.07, 6.45) is -1.07. The second-order valence-electron chi connectivity index (χ2n) is 8.12. The third kappa shape index (κ3) is 11.1. The van der Waals surface area contributed by atoms with E-state index in [1.807, 2.05) is 0 Å². The smallest absolute Gasteiger partial charge is 0.337 e. The SMILES string of the molecule is COC(=O)c1cc(C(=O)NCCNC(=O)c2cccc(O[C@@H](COCCOCC(=O)O)N=[N+]=[N-])c2)cc(C(=O)OC)c1. The Balaban J connectivity index is 1.89. The predicted octanol–water partition coefficient (Wildman–Crippen LogP) is 1.55. The van der Waals surface area contributed by atoms with E-state index < -0.39 is 42.6 Å². The van der Waals surface area contributed by atoms with Gasteiger partial charge < -0.3 is 39.4 Å². The summed E-state index contributed by atoms with van der Waals surface area (Å²) in [6, 6.07) is 9.79. The van der Waals surface area contributed by atoms with Gasteiger partial charge in [-0.1, -0.05) is 6.07 Å². The van der Waals surface area contributed by atoms with Crippen LogP contribution in [0.2, 0.25) is 0 Å². The summed E-state index contributed by atoms with van der Waals surface area (Å²) in [5.74, 6) is -3.47. The number of nitrogens with zero attached hydrogens (tertiary/aromatic N) is 3. The van der Waals surface area contributed by atoms with Crippen LogP contribution in [0, 0.1) is 0 Å². The molecule has 0 spiro atoms. The molecule has 224 valence electrons. The van der Waals surface area contributed by atoms with Gasteiger partial charge in [0.2, 0.25) is 6.23 Å². The zero-order valence-electron chi connectivity index (χ0n) is 22.7. The van der Waals surface area contributed by atoms with Crippen LogP contribution in [0.25, 0.3) is 10.4 Å². The van der Waals surface area contributed by atoms with E-state index in [4.69, 9.17) is 24.8 Å². The summed E-state index contributed by atoms with van der Waals surface area (Å²) in [6.45, 7) is -0.515. The third-order valence-electron chi connectivity index (χ3n) is 5.14. The molecule has 0 fully saturated rings. The van der Waals surface area contributed by atoms with Crippen molar-refractivity contribution in [1.29, 1.82) is 0 Å². The maximum Gasteiger partial charge on any atom is 0.337 e. The lowest BCUT2D eigenvalue weighted by atomic mass is 10.0. The molecule has 2 aromatic rings. The average molecular weight is 588 g/mol. The number of carboxylic acids is 1. The molecule has 0 bridgehead atoms. The van der Waals surface area contributed by atoms with Crippen molar-refractivity contribution in [1.82, 2.24) is 10.6 Å². The zero-order valence-corrected chi connectivity index (χ0v) is 22.7. The topological polar surface area (TPSA) is 225 Å². The van der Waals surface area contributed by atoms with E-state index in [9.17, 15) is 24.0 Å². The number of hydrogen-bond donors (Lipinski definition) is 3. The number of carbonyl (C=O) groups excluding carboxylic acids is 4. The quantitative estimate of drug-likeness (QED) is 0.0791. The van der Waals surface area contributed by atoms with E-state index in [1.165, 1.54) is 36.4 Å². The van der Waals surface area contributed by atoms with Crippen LogP contribution in [-0.2, 0) is 23.7 Å². The molecule has 0 aliphatic heterocycles. The van der Waals surface area contributed by atoms with Crippen molar-refractivity contribution in [2.75, 3.05) is 53.7 Å². The van der Waals surface area contributed by atoms with Crippen LogP contribution in [0.5, 0.6) is 5.75 Å². The number of esters is 2. The van der Waals surface area contributed by atoms with Crippen molar-refractivity contribution in [3.8, 4) is 5.75 Å². The van der Waals surface area contributed by atoms with Gasteiger partial charge in [-0.15, -0.1) is 0 Å². The highest BCUT2D eigenvalue weighted by atomic mass is 16.6. The fraction of sp³-hybridized carbons (Fsp3) is 0.346. The molecule has 2 aromatic carbocycles. The van der Waals surface area contributed by atoms with Gasteiger partial charge in [-0.25, -0.2) is 14.4 Å². The maximum atomic E-state index is 12.6. The monoisotopic (exact) mass is 587 g/mol. The summed E-state index contributed by atoms with van der Waals surface area (Å²) in [7, 11) is 2.33. The lowest BCUT2D eigenvalue weighted by Gasteiger charge is -2.15. The number of carbonyl (C=O) groups is 5. The number of nitrogens with one attached hydrogen (secondary N) is 2. The zero-order chi connectivity index (χ0) is 30.9. The molecule has 0 aliphatic carbocycles. The van der Waals surface area contributed by atoms with E-state index in [0.29, 0.717) is 0 Å². The van der Waals surface area contributed by atoms with Crippen LogP contribution in [-0.4, -0.2) is 94.8 Å². The van der Waals surface area contributed by atoms with Crippen molar-refractivity contribution >= 4 is 29.7 Å². The number of benzene rings is 2. The van der Waals surface area contributed by atoms with Crippen molar-refractivity contribution in [3.63, 3.8) is 0 Å². The molecule has 0 unspecified atom stereocenters. The van der Waals surface area contributed by atoms with Crippen LogP contribution in [0.4, 0.5) is 0 Å². The Kier molecular flexibility index (Phi) is 13.8. The third-order valence-corrected chi connectivity index (χ3v) is 5.14. The largest absolute Gasteiger partial charge is 0.482 e. The van der Waals surface area contributed by atoms with Crippen LogP contribution < -0.4 is 15.4 Å². The second-order valence-corrected chi connectivity index (χ2v) is 8.12. The standard InChI is InChI=1S/C26H29N5O11/c1-38-25(36)18-10-17(11-19(12-18)26(37)39-2)24(35)29-7-6-28-23(34)16-4-3-5-20(13-16)42-21(30-31-27)14-40-8-9-41-15-22(32)33/h3-5,10-13,21H,6-9,14-15H2,1-2H3,(H,28,34)(H,29,35)(H,32,33)/t21-/m0/s1. The van der Waals surface area contributed by atoms with Crippen LogP contribution in [0.3, 0.4) is 0 Å². The Labute approximate surface area is 239 Å². The van der Waals surface area contributed by atoms with E-state index >= 15 is 0 Å². The van der Waals surface area contributed by atoms with Gasteiger partial charge >= 0.3 is 17.9 Å². The summed E-state index contributed by atoms with van der Waals surface area (Å²) in [5.41, 5.74) is 8.99. The number of aliphatic carboxylic acids is 1. The van der Waals surface area contributed by atoms with E-state index in [0.717, 1.165) is 14.2 Å². The summed E-state index contributed by atoms with van der Waals surface area (Å²) in [5, 5.41) is 17.2. The highest BCUT2D eigenvalue weighted by molar-refractivity contribution is 6.02. The molecule has 16 heteroatoms. The molecule has 2 amide bonds. The summed E-state index contributed by atoms with van der Waals surface area (Å²) < 4.78 is 25.0. The van der Waals surface area contributed by atoms with Gasteiger partial charge in [-0.05, 0) is 47.0 Å². The van der Waals surface area contributed by atoms with Gasteiger partial charge in [0.1, 0.15) is 12.4 Å². The summed E-state index contributed by atoms with van der Waals surface area (Å²) >= 11 is 0. The van der Waals surface area contributed by atoms with Gasteiger partial charge in [0.05, 0.1) is 45.2 Å². The van der Waals surface area contributed by atoms with Crippen LogP contribution in [0.15, 0.2) is 47.6 Å². The second kappa shape index (κ2) is 17.5. The van der Waals surface area contributed by atoms with E-state index in [-0.39, 0.29) is 60.9 Å². The normalized spacial score (nSPS) is 10.9. The fourth-order valence-electron chi connectivity index (χ4n) is 3.26. The van der Waals surface area contributed by atoms with Crippen molar-refractivity contribution in [2.24, 2.45) is 5.11 Å². The van der Waals surface area contributed by atoms with E-state index in [2.05, 4.69) is 30.1 Å². The number of hydrogen-bond acceptors (Lipinski definition) is 11. The number of rotatable bonds is 17. The number of ether oxygens (including phenoxy) is 5. The Morgan fingerprint density at radius 2 is 1.43 bits per heavy atom. The Hall–Kier alpha value is -5.18. The van der Waals surface area contributed by atoms with Gasteiger partial charge in [-0.3, -0.25) is 9.59 Å². The highest BCUT2D eigenvalue weighted by Crippen LogP contribution is 2.16. The molecule has 2 rings (SSSR count). The molecular formula is C26H29N5O11. The van der Waals surface area contributed by atoms with E-state index in [1.54, 1.807) is 6.07 Å². The van der Waals surface area contributed by atoms with Crippen molar-refractivity contribution in [3.05, 3.63) is 75.2 Å². The number of amides is 2. The fourth-order valence-corrected chi connectivity index (χ4v) is 3.26. The van der Waals surface area contributed by atoms with Crippen LogP contribution in [0.1, 0.15) is 41.4 Å². The lowest BCUT2D eigenvalue weighted by Crippen LogP contribution is -2.34. The molecule has 1 atom stereocenters. The van der Waals surface area contributed by atoms with Gasteiger partial charge in [0.15, 0.2) is 0 Å². The Morgan fingerprint density at radius 1 is 0.857 bits per heavy atom. The molecule has 0 heterocycles. The predicted molar refractivity (Wildman–Crippen MR) is 143 cm³/mol. The summed E-state index contributed by atoms with van der Waals surface area (Å²) in [4.78, 5) is 62.2. The average Bonchev–Trinajstić information content (AvgIpc) is 2.99. The van der Waals surface area contributed by atoms with Gasteiger partial charge in [0, 0.05) is 29.1 Å². The van der Waals surface area contributed by atoms with Gasteiger partial charge in [-0.2, -0.15) is 0 Å². The first-order valence-corrected chi connectivity index (χ1v) is 12.2. The maximum absolute atomic E-state index is 12.6. The van der Waals surface area contributed by atoms with Gasteiger partial charge in [0.25, 0.3) is 11.8 Å². The molecule has 3 N–H and O–H groups in total. The molecule has 0 aromatic heterocycles. The molecule has 0 saturated heterocycles. The minimum Gasteiger partial charge on any atom is -0.482 e. The van der Waals surface area contributed by atoms with Crippen molar-refractivity contribution in [2.45, 2.75) is 6.23 Å². The minimum absolute atomic E-state index is 0.0137. The first-order valence-electron chi connectivity index (χ1n) is 12.2. The lowest BCUT2D eigenvalue weighted by molar-refractivity contribution is -0.142. The van der Waals surface area contributed by atoms with Crippen LogP contribution >= 0.6 is 0 Å². The van der Waals surface area contributed by atoms with Crippen molar-refractivity contribution < 1.29 is 52.8 Å². The Bertz CT molecular complexity index is 1290. The molecule has 0 saturated carbocycles. The Morgan fingerprint density at radius 3 is 2.00 bits per heavy atom. The molecule has 0 aliphatic rings.